The van der Waals surface area contributed by atoms with Crippen molar-refractivity contribution in [3.63, 3.8) is 0 Å². The number of pyridine rings is 1. The summed E-state index contributed by atoms with van der Waals surface area (Å²) in [7, 11) is 1.80. The Hall–Kier alpha value is -4.41. The Morgan fingerprint density at radius 3 is 2.62 bits per heavy atom. The number of halogens is 4. The van der Waals surface area contributed by atoms with E-state index in [2.05, 4.69) is 19.8 Å². The Morgan fingerprint density at radius 1 is 1.12 bits per heavy atom. The van der Waals surface area contributed by atoms with Crippen LogP contribution in [0.25, 0.3) is 37.8 Å². The van der Waals surface area contributed by atoms with Crippen molar-refractivity contribution in [2.24, 2.45) is 0 Å². The maximum Gasteiger partial charge on any atom is 0.410 e. The van der Waals surface area contributed by atoms with E-state index in [0.717, 1.165) is 0 Å². The Labute approximate surface area is 281 Å². The zero-order valence-corrected chi connectivity index (χ0v) is 27.8. The van der Waals surface area contributed by atoms with Gasteiger partial charge in [0, 0.05) is 49.4 Å². The van der Waals surface area contributed by atoms with Crippen molar-refractivity contribution in [1.82, 2.24) is 24.8 Å². The second kappa shape index (κ2) is 13.2. The lowest BCUT2D eigenvalue weighted by atomic mass is 10.0. The largest absolute Gasteiger partial charge is 0.462 e. The van der Waals surface area contributed by atoms with Crippen molar-refractivity contribution in [2.45, 2.75) is 51.0 Å². The number of likely N-dealkylation sites (N-methyl/N-ethyl adjacent to an activating group) is 1. The van der Waals surface area contributed by atoms with Crippen LogP contribution in [0, 0.1) is 18.2 Å². The van der Waals surface area contributed by atoms with Crippen LogP contribution in [0.2, 0.25) is 5.02 Å². The zero-order chi connectivity index (χ0) is 34.3. The second-order valence-electron chi connectivity index (χ2n) is 13.1. The van der Waals surface area contributed by atoms with Gasteiger partial charge < -0.3 is 19.2 Å². The number of carbonyl (C=O) groups excluding carboxylic acids is 1. The number of anilines is 1. The number of aromatic nitrogens is 3. The topological polar surface area (TPSA) is 88.3 Å². The number of rotatable bonds is 6. The average Bonchev–Trinajstić information content (AvgIpc) is 3.37. The second-order valence-corrected chi connectivity index (χ2v) is 13.5. The van der Waals surface area contributed by atoms with Crippen molar-refractivity contribution >= 4 is 45.2 Å². The summed E-state index contributed by atoms with van der Waals surface area (Å²) in [5.74, 6) is -1.14. The summed E-state index contributed by atoms with van der Waals surface area (Å²) in [6.07, 6.45) is 0.215. The average molecular weight is 682 g/mol. The van der Waals surface area contributed by atoms with Gasteiger partial charge in [0.1, 0.15) is 47.3 Å². The fourth-order valence-corrected chi connectivity index (χ4v) is 6.54. The number of likely N-dealkylation sites (tertiary alicyclic amines) is 1. The highest BCUT2D eigenvalue weighted by atomic mass is 35.5. The van der Waals surface area contributed by atoms with Crippen LogP contribution in [0.15, 0.2) is 36.5 Å². The molecular formula is C34H35ClF3N7O3. The SMILES string of the molecule is [C-]#[N+]C[C@H]1CN(c2nc(OC[C@@H]3C[C@H](F)CN3C)nc3c(F)c(-c4cccc5ccc(F)c(Cl)c45)ncc23)CCN1C(=O)OC(C)(C)C. The maximum atomic E-state index is 16.7. The molecule has 0 spiro atoms. The van der Waals surface area contributed by atoms with Gasteiger partial charge in [-0.3, -0.25) is 14.8 Å². The van der Waals surface area contributed by atoms with Gasteiger partial charge in [0.25, 0.3) is 0 Å². The van der Waals surface area contributed by atoms with Gasteiger partial charge in [-0.2, -0.15) is 9.97 Å². The number of fused-ring (bicyclic) bond motifs is 2. The highest BCUT2D eigenvalue weighted by Gasteiger charge is 2.37. The Morgan fingerprint density at radius 2 is 1.92 bits per heavy atom. The van der Waals surface area contributed by atoms with Crippen LogP contribution in [0.4, 0.5) is 23.8 Å². The quantitative estimate of drug-likeness (QED) is 0.212. The minimum absolute atomic E-state index is 0.00961. The number of ether oxygens (including phenoxy) is 2. The Balaban J connectivity index is 1.43. The van der Waals surface area contributed by atoms with Crippen LogP contribution in [-0.2, 0) is 4.74 Å². The first-order valence-electron chi connectivity index (χ1n) is 15.6. The standard InChI is InChI=1S/C34H35ClF3N7O3/c1-34(2,3)48-33(46)45-12-11-44(17-22(45)14-39-4)31-24-15-40-29(23-8-6-7-19-9-10-25(37)27(35)26(19)23)28(38)30(24)41-32(42-31)47-18-21-13-20(36)16-43(21)5/h6-10,15,20-22H,11-14,16-18H2,1-3,5H3/t20-,21-,22-/m0/s1. The van der Waals surface area contributed by atoms with E-state index in [4.69, 9.17) is 27.6 Å². The van der Waals surface area contributed by atoms with E-state index in [1.54, 1.807) is 52.1 Å². The first-order valence-corrected chi connectivity index (χ1v) is 16.0. The van der Waals surface area contributed by atoms with E-state index < -0.39 is 35.5 Å². The van der Waals surface area contributed by atoms with Crippen molar-refractivity contribution in [3.05, 3.63) is 64.6 Å². The summed E-state index contributed by atoms with van der Waals surface area (Å²) in [4.78, 5) is 35.4. The molecule has 0 radical (unpaired) electrons. The van der Waals surface area contributed by atoms with Crippen molar-refractivity contribution < 1.29 is 27.4 Å². The molecule has 2 fully saturated rings. The molecule has 48 heavy (non-hydrogen) atoms. The fraction of sp³-hybridized carbons (Fsp3) is 0.441. The number of hydrogen-bond acceptors (Lipinski definition) is 8. The van der Waals surface area contributed by atoms with Crippen LogP contribution in [-0.4, -0.2) is 101 Å². The Bertz CT molecular complexity index is 1920. The Kier molecular flexibility index (Phi) is 9.24. The minimum atomic E-state index is -0.985. The molecule has 0 bridgehead atoms. The van der Waals surface area contributed by atoms with E-state index in [0.29, 0.717) is 16.6 Å². The van der Waals surface area contributed by atoms with Crippen LogP contribution >= 0.6 is 11.6 Å². The smallest absolute Gasteiger partial charge is 0.410 e. The molecule has 0 aliphatic carbocycles. The predicted molar refractivity (Wildman–Crippen MR) is 177 cm³/mol. The van der Waals surface area contributed by atoms with Crippen molar-refractivity contribution in [3.8, 4) is 17.3 Å². The molecule has 2 saturated heterocycles. The predicted octanol–water partition coefficient (Wildman–Crippen LogP) is 6.54. The molecule has 1 amide bonds. The van der Waals surface area contributed by atoms with Crippen molar-refractivity contribution in [1.29, 1.82) is 0 Å². The molecule has 0 saturated carbocycles. The highest BCUT2D eigenvalue weighted by molar-refractivity contribution is 6.36. The third-order valence-corrected chi connectivity index (χ3v) is 8.96. The van der Waals surface area contributed by atoms with Gasteiger partial charge >= 0.3 is 12.1 Å². The highest BCUT2D eigenvalue weighted by Crippen LogP contribution is 2.38. The van der Waals surface area contributed by atoms with E-state index >= 15 is 4.39 Å². The summed E-state index contributed by atoms with van der Waals surface area (Å²) in [5, 5.41) is 1.03. The molecule has 3 atom stereocenters. The molecule has 10 nitrogen and oxygen atoms in total. The summed E-state index contributed by atoms with van der Waals surface area (Å²) in [6, 6.07) is 6.97. The molecule has 2 aliphatic heterocycles. The normalized spacial score (nSPS) is 20.4. The van der Waals surface area contributed by atoms with Gasteiger partial charge in [-0.05, 0) is 45.7 Å². The first kappa shape index (κ1) is 33.5. The lowest BCUT2D eigenvalue weighted by Crippen LogP contribution is -2.57. The molecule has 0 unspecified atom stereocenters. The molecule has 4 aromatic rings. The lowest BCUT2D eigenvalue weighted by Gasteiger charge is -2.40. The molecule has 6 rings (SSSR count). The molecule has 4 heterocycles. The molecule has 0 N–H and O–H groups in total. The zero-order valence-electron chi connectivity index (χ0n) is 27.0. The number of benzene rings is 2. The molecule has 252 valence electrons. The van der Waals surface area contributed by atoms with Gasteiger partial charge in [-0.15, -0.1) is 0 Å². The molecule has 2 aliphatic rings. The van der Waals surface area contributed by atoms with Gasteiger partial charge in [0.2, 0.25) is 6.54 Å². The number of amides is 1. The summed E-state index contributed by atoms with van der Waals surface area (Å²) in [6.45, 7) is 13.9. The number of alkyl halides is 1. The molecule has 14 heteroatoms. The van der Waals surface area contributed by atoms with E-state index in [-0.39, 0.29) is 85.0 Å². The van der Waals surface area contributed by atoms with E-state index in [9.17, 15) is 13.6 Å². The number of nitrogens with zero attached hydrogens (tertiary/aromatic N) is 7. The molecule has 2 aromatic carbocycles. The van der Waals surface area contributed by atoms with Crippen LogP contribution in [0.3, 0.4) is 0 Å². The van der Waals surface area contributed by atoms with Crippen LogP contribution in [0.1, 0.15) is 27.2 Å². The van der Waals surface area contributed by atoms with Gasteiger partial charge in [-0.1, -0.05) is 35.9 Å². The summed E-state index contributed by atoms with van der Waals surface area (Å²) < 4.78 is 56.9. The first-order chi connectivity index (χ1) is 22.8. The third-order valence-electron chi connectivity index (χ3n) is 8.59. The minimum Gasteiger partial charge on any atom is -0.462 e. The molecule has 2 aromatic heterocycles. The maximum absolute atomic E-state index is 16.7. The number of piperazine rings is 1. The molecular weight excluding hydrogens is 647 g/mol. The van der Waals surface area contributed by atoms with Gasteiger partial charge in [-0.25, -0.2) is 24.5 Å². The van der Waals surface area contributed by atoms with Gasteiger partial charge in [0.05, 0.1) is 10.4 Å². The monoisotopic (exact) mass is 681 g/mol. The van der Waals surface area contributed by atoms with E-state index in [1.807, 2.05) is 9.80 Å². The summed E-state index contributed by atoms with van der Waals surface area (Å²) in [5.41, 5.74) is -0.622. The van der Waals surface area contributed by atoms with Crippen molar-refractivity contribution in [2.75, 3.05) is 51.3 Å². The number of hydrogen-bond donors (Lipinski definition) is 0. The number of carbonyl (C=O) groups is 1. The summed E-state index contributed by atoms with van der Waals surface area (Å²) >= 11 is 6.37. The third kappa shape index (κ3) is 6.64. The van der Waals surface area contributed by atoms with Gasteiger partial charge in [0.15, 0.2) is 5.82 Å². The van der Waals surface area contributed by atoms with E-state index in [1.165, 1.54) is 17.2 Å². The lowest BCUT2D eigenvalue weighted by molar-refractivity contribution is 0.0155. The van der Waals surface area contributed by atoms with Crippen LogP contribution < -0.4 is 9.64 Å². The van der Waals surface area contributed by atoms with Crippen LogP contribution in [0.5, 0.6) is 6.01 Å². The fourth-order valence-electron chi connectivity index (χ4n) is 6.27.